The van der Waals surface area contributed by atoms with Crippen molar-refractivity contribution in [2.45, 2.75) is 56.7 Å². The first-order valence-electron chi connectivity index (χ1n) is 10.6. The second-order valence-electron chi connectivity index (χ2n) is 8.64. The molecule has 2 saturated heterocycles. The molecule has 2 atom stereocenters. The highest BCUT2D eigenvalue weighted by Crippen LogP contribution is 2.33. The van der Waals surface area contributed by atoms with E-state index in [1.54, 1.807) is 0 Å². The molecule has 3 fully saturated rings. The topological polar surface area (TPSA) is 51.1 Å². The Morgan fingerprint density at radius 3 is 2.70 bits per heavy atom. The molecule has 2 unspecified atom stereocenters. The molecule has 2 heterocycles. The number of likely N-dealkylation sites (tertiary alicyclic amines) is 2. The number of aliphatic hydroxyl groups is 1. The van der Waals surface area contributed by atoms with Crippen LogP contribution in [0.2, 0.25) is 0 Å². The van der Waals surface area contributed by atoms with Crippen molar-refractivity contribution in [2.24, 2.45) is 10.9 Å². The van der Waals surface area contributed by atoms with Gasteiger partial charge in [-0.2, -0.15) is 0 Å². The molecule has 0 amide bonds. The average molecular weight is 371 g/mol. The van der Waals surface area contributed by atoms with Gasteiger partial charge in [-0.25, -0.2) is 0 Å². The smallest absolute Gasteiger partial charge is 0.193 e. The Morgan fingerprint density at radius 1 is 1.19 bits per heavy atom. The van der Waals surface area contributed by atoms with Gasteiger partial charge in [-0.05, 0) is 56.6 Å². The summed E-state index contributed by atoms with van der Waals surface area (Å²) in [7, 11) is 1.86. The highest BCUT2D eigenvalue weighted by molar-refractivity contribution is 5.80. The SMILES string of the molecule is CN=C(NCC1(O)CCC1)N1CCC2C(CCCN2Cc2ccccc2)C1. The van der Waals surface area contributed by atoms with Gasteiger partial charge in [0.05, 0.1) is 5.60 Å². The van der Waals surface area contributed by atoms with E-state index < -0.39 is 5.60 Å². The van der Waals surface area contributed by atoms with E-state index in [2.05, 4.69) is 50.4 Å². The van der Waals surface area contributed by atoms with E-state index in [9.17, 15) is 5.11 Å². The first-order valence-corrected chi connectivity index (χ1v) is 10.6. The molecule has 148 valence electrons. The van der Waals surface area contributed by atoms with E-state index >= 15 is 0 Å². The molecule has 1 aromatic carbocycles. The van der Waals surface area contributed by atoms with E-state index in [0.29, 0.717) is 18.5 Å². The predicted octanol–water partition coefficient (Wildman–Crippen LogP) is 2.46. The summed E-state index contributed by atoms with van der Waals surface area (Å²) < 4.78 is 0. The maximum absolute atomic E-state index is 10.4. The molecule has 4 rings (SSSR count). The van der Waals surface area contributed by atoms with Gasteiger partial charge in [-0.15, -0.1) is 0 Å². The second-order valence-corrected chi connectivity index (χ2v) is 8.64. The molecular formula is C22H34N4O. The molecule has 1 aliphatic carbocycles. The summed E-state index contributed by atoms with van der Waals surface area (Å²) in [6.07, 6.45) is 6.76. The maximum Gasteiger partial charge on any atom is 0.193 e. The summed E-state index contributed by atoms with van der Waals surface area (Å²) in [5.41, 5.74) is 0.915. The van der Waals surface area contributed by atoms with Gasteiger partial charge in [0.15, 0.2) is 5.96 Å². The predicted molar refractivity (Wildman–Crippen MR) is 110 cm³/mol. The molecule has 5 nitrogen and oxygen atoms in total. The van der Waals surface area contributed by atoms with Crippen molar-refractivity contribution in [3.8, 4) is 0 Å². The monoisotopic (exact) mass is 370 g/mol. The molecule has 2 N–H and O–H groups in total. The zero-order valence-corrected chi connectivity index (χ0v) is 16.6. The van der Waals surface area contributed by atoms with Crippen LogP contribution in [0.5, 0.6) is 0 Å². The zero-order valence-electron chi connectivity index (χ0n) is 16.6. The number of nitrogens with zero attached hydrogens (tertiary/aromatic N) is 3. The lowest BCUT2D eigenvalue weighted by Crippen LogP contribution is -2.58. The molecule has 0 spiro atoms. The number of fused-ring (bicyclic) bond motifs is 1. The van der Waals surface area contributed by atoms with Crippen molar-refractivity contribution in [1.29, 1.82) is 0 Å². The summed E-state index contributed by atoms with van der Waals surface area (Å²) in [6, 6.07) is 11.6. The Bertz CT molecular complexity index is 643. The third-order valence-corrected chi connectivity index (χ3v) is 6.78. The highest BCUT2D eigenvalue weighted by Gasteiger charge is 2.38. The normalized spacial score (nSPS) is 28.4. The van der Waals surface area contributed by atoms with Gasteiger partial charge < -0.3 is 15.3 Å². The van der Waals surface area contributed by atoms with Gasteiger partial charge in [0, 0.05) is 39.3 Å². The van der Waals surface area contributed by atoms with Crippen LogP contribution in [0, 0.1) is 5.92 Å². The fourth-order valence-corrected chi connectivity index (χ4v) is 5.05. The molecule has 5 heteroatoms. The van der Waals surface area contributed by atoms with E-state index in [1.807, 2.05) is 7.05 Å². The summed E-state index contributed by atoms with van der Waals surface area (Å²) in [6.45, 7) is 5.04. The Hall–Kier alpha value is -1.59. The largest absolute Gasteiger partial charge is 0.388 e. The van der Waals surface area contributed by atoms with Crippen molar-refractivity contribution in [1.82, 2.24) is 15.1 Å². The molecule has 0 bridgehead atoms. The molecule has 1 saturated carbocycles. The van der Waals surface area contributed by atoms with Gasteiger partial charge >= 0.3 is 0 Å². The molecule has 1 aromatic rings. The number of nitrogens with one attached hydrogen (secondary N) is 1. The molecule has 3 aliphatic rings. The number of hydrogen-bond acceptors (Lipinski definition) is 3. The summed E-state index contributed by atoms with van der Waals surface area (Å²) in [5.74, 6) is 1.68. The van der Waals surface area contributed by atoms with Crippen molar-refractivity contribution in [3.63, 3.8) is 0 Å². The second kappa shape index (κ2) is 8.19. The fraction of sp³-hybridized carbons (Fsp3) is 0.682. The van der Waals surface area contributed by atoms with Crippen molar-refractivity contribution >= 4 is 5.96 Å². The van der Waals surface area contributed by atoms with Crippen LogP contribution in [-0.2, 0) is 6.54 Å². The number of piperidine rings is 2. The van der Waals surface area contributed by atoms with E-state index in [4.69, 9.17) is 0 Å². The lowest BCUT2D eigenvalue weighted by molar-refractivity contribution is -0.0287. The summed E-state index contributed by atoms with van der Waals surface area (Å²) >= 11 is 0. The van der Waals surface area contributed by atoms with E-state index in [0.717, 1.165) is 44.9 Å². The van der Waals surface area contributed by atoms with E-state index in [1.165, 1.54) is 31.4 Å². The Balaban J connectivity index is 1.34. The zero-order chi connectivity index (χ0) is 18.7. The first-order chi connectivity index (χ1) is 13.2. The van der Waals surface area contributed by atoms with Gasteiger partial charge in [0.25, 0.3) is 0 Å². The van der Waals surface area contributed by atoms with Crippen molar-refractivity contribution < 1.29 is 5.11 Å². The summed E-state index contributed by atoms with van der Waals surface area (Å²) in [4.78, 5) is 9.62. The Morgan fingerprint density at radius 2 is 2.00 bits per heavy atom. The standard InChI is InChI=1S/C22H34N4O/c1-23-21(24-17-22(27)11-6-12-22)26-14-10-20-19(16-26)9-5-13-25(20)15-18-7-3-2-4-8-18/h2-4,7-8,19-20,27H,5-6,9-17H2,1H3,(H,23,24). The van der Waals surface area contributed by atoms with Gasteiger partial charge in [-0.1, -0.05) is 30.3 Å². The van der Waals surface area contributed by atoms with Crippen LogP contribution >= 0.6 is 0 Å². The number of hydrogen-bond donors (Lipinski definition) is 2. The average Bonchev–Trinajstić information content (AvgIpc) is 2.68. The number of benzene rings is 1. The van der Waals surface area contributed by atoms with Crippen LogP contribution in [-0.4, -0.2) is 65.7 Å². The quantitative estimate of drug-likeness (QED) is 0.631. The lowest BCUT2D eigenvalue weighted by atomic mass is 9.80. The Kier molecular flexibility index (Phi) is 5.69. The molecule has 0 aromatic heterocycles. The minimum absolute atomic E-state index is 0.508. The highest BCUT2D eigenvalue weighted by atomic mass is 16.3. The molecule has 2 aliphatic heterocycles. The summed E-state index contributed by atoms with van der Waals surface area (Å²) in [5, 5.41) is 13.8. The lowest BCUT2D eigenvalue weighted by Gasteiger charge is -2.48. The maximum atomic E-state index is 10.4. The minimum Gasteiger partial charge on any atom is -0.388 e. The fourth-order valence-electron chi connectivity index (χ4n) is 5.05. The third kappa shape index (κ3) is 4.30. The molecule has 0 radical (unpaired) electrons. The van der Waals surface area contributed by atoms with Gasteiger partial charge in [0.2, 0.25) is 0 Å². The molecule has 27 heavy (non-hydrogen) atoms. The van der Waals surface area contributed by atoms with Crippen LogP contribution in [0.3, 0.4) is 0 Å². The number of guanidine groups is 1. The van der Waals surface area contributed by atoms with Crippen LogP contribution in [0.15, 0.2) is 35.3 Å². The molecular weight excluding hydrogens is 336 g/mol. The minimum atomic E-state index is -0.508. The van der Waals surface area contributed by atoms with Gasteiger partial charge in [0.1, 0.15) is 0 Å². The van der Waals surface area contributed by atoms with Crippen LogP contribution in [0.4, 0.5) is 0 Å². The third-order valence-electron chi connectivity index (χ3n) is 6.78. The number of aliphatic imine (C=N–C) groups is 1. The first kappa shape index (κ1) is 18.8. The van der Waals surface area contributed by atoms with Crippen LogP contribution < -0.4 is 5.32 Å². The van der Waals surface area contributed by atoms with Gasteiger partial charge in [-0.3, -0.25) is 9.89 Å². The Labute approximate surface area is 163 Å². The van der Waals surface area contributed by atoms with Crippen molar-refractivity contribution in [3.05, 3.63) is 35.9 Å². The van der Waals surface area contributed by atoms with E-state index in [-0.39, 0.29) is 0 Å². The number of rotatable bonds is 4. The van der Waals surface area contributed by atoms with Crippen LogP contribution in [0.25, 0.3) is 0 Å². The van der Waals surface area contributed by atoms with Crippen molar-refractivity contribution in [2.75, 3.05) is 33.2 Å². The van der Waals surface area contributed by atoms with Crippen LogP contribution in [0.1, 0.15) is 44.1 Å².